The Morgan fingerprint density at radius 3 is 0.907 bits per heavy atom. The van der Waals surface area contributed by atoms with E-state index in [1.165, 1.54) is 26.4 Å². The number of nitrogens with zero attached hydrogens (tertiary/aromatic N) is 1. The van der Waals surface area contributed by atoms with Gasteiger partial charge in [-0.3, -0.25) is 15.0 Å². The molecule has 0 heterocycles. The van der Waals surface area contributed by atoms with Gasteiger partial charge in [0.2, 0.25) is 0 Å². The number of hydrogen-bond donors (Lipinski definition) is 5. The van der Waals surface area contributed by atoms with Gasteiger partial charge < -0.3 is 48.1 Å². The SMILES string of the molecule is COC(=O)c1cc(O)cc(O)c1.COC(=O)c1cc(OCc2ccccc2)cc(OCc2ccccc2)c1.I[I-]I.NNC(=O)c1cc(OCc2ccccc2)cc(OCc2ccccc2)c1.O=C(N/N=C/c1c2ccccc2cc2ccccc12)c1cc(OCc2ccccc2)cc(OCc2ccccc2)c1. The van der Waals surface area contributed by atoms with Crippen molar-refractivity contribution >= 4 is 88.7 Å². The van der Waals surface area contributed by atoms with E-state index >= 15 is 0 Å². The van der Waals surface area contributed by atoms with E-state index in [1.54, 1.807) is 60.8 Å². The fraction of sp³-hybridized carbons (Fsp3) is 0.0920. The molecule has 13 rings (SSSR count). The number of nitrogen functional groups attached to an aromatic ring is 1. The molecule has 0 spiro atoms. The Balaban J connectivity index is 0.000000176. The van der Waals surface area contributed by atoms with Crippen molar-refractivity contribution in [3.8, 4) is 46.0 Å². The van der Waals surface area contributed by atoms with Gasteiger partial charge in [-0.15, -0.1) is 0 Å². The van der Waals surface area contributed by atoms with Crippen LogP contribution in [0.3, 0.4) is 0 Å². The zero-order valence-electron chi connectivity index (χ0n) is 58.7. The Morgan fingerprint density at radius 1 is 0.361 bits per heavy atom. The first kappa shape index (κ1) is 80.6. The molecule has 13 aromatic carbocycles. The largest absolute Gasteiger partial charge is 0.489 e. The summed E-state index contributed by atoms with van der Waals surface area (Å²) in [6.45, 7) is 2.35. The van der Waals surface area contributed by atoms with Crippen LogP contribution in [0.2, 0.25) is 0 Å². The quantitative estimate of drug-likeness (QED) is 0.00718. The van der Waals surface area contributed by atoms with Gasteiger partial charge in [0.15, 0.2) is 0 Å². The van der Waals surface area contributed by atoms with Gasteiger partial charge in [-0.25, -0.2) is 20.9 Å². The number of phenolic OH excluding ortho intramolecular Hbond substituents is 2. The number of nitrogens with one attached hydrogen (secondary N) is 2. The third kappa shape index (κ3) is 26.5. The van der Waals surface area contributed by atoms with Crippen LogP contribution in [0.25, 0.3) is 21.5 Å². The molecule has 0 bridgehead atoms. The van der Waals surface area contributed by atoms with Crippen molar-refractivity contribution in [3.63, 3.8) is 0 Å². The molecule has 0 aliphatic heterocycles. The number of hydrazine groups is 1. The number of nitrogens with two attached hydrogens (primary N) is 1. The average Bonchev–Trinajstić information content (AvgIpc) is 0.779. The summed E-state index contributed by atoms with van der Waals surface area (Å²) >= 11 is 5.30. The van der Waals surface area contributed by atoms with Crippen molar-refractivity contribution in [2.24, 2.45) is 10.9 Å². The van der Waals surface area contributed by atoms with Crippen LogP contribution in [0.1, 0.15) is 80.4 Å². The topological polar surface area (TPSA) is 245 Å². The molecular weight excluding hydrogens is 1710 g/mol. The van der Waals surface area contributed by atoms with Crippen LogP contribution in [0.15, 0.2) is 314 Å². The molecule has 0 aliphatic rings. The predicted octanol–water partition coefficient (Wildman–Crippen LogP) is 15.7. The molecule has 21 heteroatoms. The van der Waals surface area contributed by atoms with Crippen molar-refractivity contribution in [2.75, 3.05) is 14.2 Å². The number of hydrazone groups is 1. The minimum absolute atomic E-state index is 0.120. The molecule has 18 nitrogen and oxygen atoms in total. The zero-order valence-corrected chi connectivity index (χ0v) is 65.2. The first-order valence-corrected chi connectivity index (χ1v) is 46.1. The molecule has 0 fully saturated rings. The minimum Gasteiger partial charge on any atom is -0.489 e. The second-order valence-corrected chi connectivity index (χ2v) is 39.7. The molecule has 0 saturated carbocycles. The number of ether oxygens (including phenoxy) is 8. The van der Waals surface area contributed by atoms with Crippen LogP contribution in [0.4, 0.5) is 0 Å². The number of esters is 2. The van der Waals surface area contributed by atoms with Crippen LogP contribution in [-0.2, 0) is 49.1 Å². The van der Waals surface area contributed by atoms with Crippen molar-refractivity contribution in [3.05, 3.63) is 371 Å². The fourth-order valence-electron chi connectivity index (χ4n) is 10.5. The van der Waals surface area contributed by atoms with E-state index in [9.17, 15) is 19.2 Å². The fourth-order valence-corrected chi connectivity index (χ4v) is 10.5. The molecule has 550 valence electrons. The minimum atomic E-state index is -0.596. The number of carbonyl (C=O) groups excluding carboxylic acids is 4. The van der Waals surface area contributed by atoms with E-state index in [4.69, 9.17) is 49.2 Å². The van der Waals surface area contributed by atoms with Crippen molar-refractivity contribution < 1.29 is 80.5 Å². The van der Waals surface area contributed by atoms with Gasteiger partial charge >= 0.3 is 62.4 Å². The number of amides is 2. The summed E-state index contributed by atoms with van der Waals surface area (Å²) in [5.41, 5.74) is 13.3. The van der Waals surface area contributed by atoms with Crippen molar-refractivity contribution in [1.82, 2.24) is 10.9 Å². The maximum Gasteiger partial charge on any atom is 0.271 e. The Hall–Kier alpha value is -11.5. The normalized spacial score (nSPS) is 10.4. The number of halogens is 3. The number of fused-ring (bicyclic) bond motifs is 2. The molecule has 0 atom stereocenters. The van der Waals surface area contributed by atoms with Gasteiger partial charge in [-0.05, 0) is 110 Å². The molecule has 0 unspecified atom stereocenters. The molecular formula is C87H76I3N4O14-. The summed E-state index contributed by atoms with van der Waals surface area (Å²) in [5, 5.41) is 26.7. The van der Waals surface area contributed by atoms with Crippen molar-refractivity contribution in [1.29, 1.82) is 0 Å². The number of aromatic hydroxyl groups is 2. The summed E-state index contributed by atoms with van der Waals surface area (Å²) < 4.78 is 44.6. The van der Waals surface area contributed by atoms with E-state index in [2.05, 4.69) is 88.3 Å². The van der Waals surface area contributed by atoms with E-state index in [0.29, 0.717) is 104 Å². The van der Waals surface area contributed by atoms with E-state index < -0.39 is 17.8 Å². The number of rotatable bonds is 24. The van der Waals surface area contributed by atoms with Gasteiger partial charge in [0.1, 0.15) is 85.6 Å². The summed E-state index contributed by atoms with van der Waals surface area (Å²) in [4.78, 5) is 48.0. The van der Waals surface area contributed by atoms with Crippen LogP contribution in [0, 0.1) is 0 Å². The smallest absolute Gasteiger partial charge is 0.271 e. The van der Waals surface area contributed by atoms with Crippen LogP contribution < -0.4 is 58.4 Å². The first-order valence-electron chi connectivity index (χ1n) is 33.5. The van der Waals surface area contributed by atoms with E-state index in [-0.39, 0.29) is 23.0 Å². The summed E-state index contributed by atoms with van der Waals surface area (Å²) in [6, 6.07) is 96.4. The monoisotopic (exact) mass is 1780 g/mol. The van der Waals surface area contributed by atoms with Crippen LogP contribution >= 0.6 is 37.2 Å². The summed E-state index contributed by atoms with van der Waals surface area (Å²) in [7, 11) is 2.58. The zero-order chi connectivity index (χ0) is 76.1. The first-order chi connectivity index (χ1) is 52.8. The average molecular weight is 1780 g/mol. The predicted molar refractivity (Wildman–Crippen MR) is 433 cm³/mol. The van der Waals surface area contributed by atoms with E-state index in [0.717, 1.165) is 66.6 Å². The molecule has 13 aromatic rings. The maximum absolute atomic E-state index is 13.3. The Kier molecular flexibility index (Phi) is 32.7. The van der Waals surface area contributed by atoms with Crippen LogP contribution in [0.5, 0.6) is 46.0 Å². The van der Waals surface area contributed by atoms with Gasteiger partial charge in [-0.1, -0.05) is 231 Å². The molecule has 2 amide bonds. The van der Waals surface area contributed by atoms with E-state index in [1.807, 2.05) is 206 Å². The van der Waals surface area contributed by atoms with Gasteiger partial charge in [-0.2, -0.15) is 5.10 Å². The number of methoxy groups -OCH3 is 2. The summed E-state index contributed by atoms with van der Waals surface area (Å²) in [5.74, 6) is 6.38. The molecule has 0 radical (unpaired) electrons. The standard InChI is InChI=1S/C36H28N2O3.C22H20O4.C21H20N2O3.C8H8O4.I3/c39-36(38-37-23-35-33-17-9-7-15-28(33)19-29-16-8-10-18-34(29)35)30-20-31(40-24-26-11-3-1-4-12-26)22-32(21-30)41-25-27-13-5-2-6-14-27;1-24-22(23)19-12-20(25-15-17-8-4-2-5-9-17)14-21(13-19)26-16-18-10-6-3-7-11-18;22-23-21(24)18-11-19(25-14-16-7-3-1-4-8-16)13-20(12-18)26-15-17-9-5-2-6-10-17;1-12-8(11)5-2-6(9)4-7(10)3-5;1-3-2/h1-23H,24-25H2,(H,38,39);2-14H,15-16H2,1H3;1-13H,14-15,22H2,(H,23,24);2-4,9-10H,1H3;/q;;;;-1/b37-23+;;;;. The number of hydrogen-bond acceptors (Lipinski definition) is 16. The Labute approximate surface area is 656 Å². The number of phenols is 2. The number of benzene rings is 13. The molecule has 0 aliphatic carbocycles. The third-order valence-electron chi connectivity index (χ3n) is 15.7. The van der Waals surface area contributed by atoms with Crippen molar-refractivity contribution in [2.45, 2.75) is 39.6 Å². The van der Waals surface area contributed by atoms with Gasteiger partial charge in [0.25, 0.3) is 11.8 Å². The Bertz CT molecular complexity index is 4630. The van der Waals surface area contributed by atoms with Crippen LogP contribution in [-0.4, -0.2) is 54.4 Å². The second kappa shape index (κ2) is 43.8. The third-order valence-corrected chi connectivity index (χ3v) is 15.7. The van der Waals surface area contributed by atoms with Gasteiger partial charge in [0, 0.05) is 41.0 Å². The second-order valence-electron chi connectivity index (χ2n) is 23.4. The molecule has 0 aromatic heterocycles. The number of carbonyl (C=O) groups is 4. The molecule has 108 heavy (non-hydrogen) atoms. The molecule has 6 N–H and O–H groups in total. The maximum atomic E-state index is 13.3. The molecule has 0 saturated heterocycles. The summed E-state index contributed by atoms with van der Waals surface area (Å²) in [6.07, 6.45) is 1.71. The Morgan fingerprint density at radius 2 is 0.620 bits per heavy atom. The van der Waals surface area contributed by atoms with Gasteiger partial charge in [0.05, 0.1) is 31.6 Å².